The first-order valence-electron chi connectivity index (χ1n) is 7.97. The predicted molar refractivity (Wildman–Crippen MR) is 102 cm³/mol. The number of pyridine rings is 1. The largest absolute Gasteiger partial charge is 0.286 e. The summed E-state index contributed by atoms with van der Waals surface area (Å²) in [5.74, 6) is 5.70. The van der Waals surface area contributed by atoms with E-state index in [4.69, 9.17) is 18.1 Å². The molecule has 1 aliphatic heterocycles. The van der Waals surface area contributed by atoms with Gasteiger partial charge >= 0.3 is 0 Å². The Bertz CT molecular complexity index is 1020. The molecule has 1 aromatic carbocycles. The van der Waals surface area contributed by atoms with Crippen molar-refractivity contribution in [3.8, 4) is 11.3 Å². The van der Waals surface area contributed by atoms with Crippen LogP contribution in [0.5, 0.6) is 0 Å². The molecule has 0 spiro atoms. The van der Waals surface area contributed by atoms with E-state index in [9.17, 15) is 0 Å². The fourth-order valence-corrected chi connectivity index (χ4v) is 2.92. The fourth-order valence-electron chi connectivity index (χ4n) is 2.77. The minimum absolute atomic E-state index is 0.231. The van der Waals surface area contributed by atoms with Crippen molar-refractivity contribution in [2.75, 3.05) is 0 Å². The molecule has 0 aliphatic carbocycles. The zero-order valence-corrected chi connectivity index (χ0v) is 14.8. The van der Waals surface area contributed by atoms with Gasteiger partial charge in [-0.05, 0) is 36.0 Å². The number of hydrazone groups is 1. The molecule has 3 aromatic rings. The van der Waals surface area contributed by atoms with Gasteiger partial charge in [0.15, 0.2) is 5.69 Å². The number of azo groups is 1. The van der Waals surface area contributed by atoms with Crippen LogP contribution in [0.4, 0.5) is 0 Å². The summed E-state index contributed by atoms with van der Waals surface area (Å²) in [4.78, 5) is 0. The van der Waals surface area contributed by atoms with Crippen molar-refractivity contribution in [1.82, 2.24) is 15.0 Å². The third-order valence-electron chi connectivity index (χ3n) is 4.18. The second kappa shape index (κ2) is 6.62. The maximum atomic E-state index is 5.70. The zero-order valence-electron chi connectivity index (χ0n) is 14.0. The number of thiocarbonyl (C=S) groups is 1. The standard InChI is InChI=1S/C17H17N8S/c1-23-14(11-24-9-3-2-4-15(23)24)13-7-5-12(6-8-13)10-19-20-16-21-22-17(26)25(16)18/h2-11,16,20H,18H2,1H3/q+1/b19-10+. The number of fused-ring (bicyclic) bond motifs is 1. The summed E-state index contributed by atoms with van der Waals surface area (Å²) >= 11 is 4.90. The van der Waals surface area contributed by atoms with Gasteiger partial charge in [-0.3, -0.25) is 5.43 Å². The first-order chi connectivity index (χ1) is 12.6. The topological polar surface area (TPSA) is 87.4 Å². The molecule has 2 aromatic heterocycles. The average Bonchev–Trinajstić information content (AvgIpc) is 3.17. The highest BCUT2D eigenvalue weighted by Crippen LogP contribution is 2.19. The number of rotatable bonds is 4. The Balaban J connectivity index is 1.50. The molecule has 9 heteroatoms. The number of nitrogens with two attached hydrogens (primary N) is 1. The first kappa shape index (κ1) is 16.3. The molecule has 1 atom stereocenters. The van der Waals surface area contributed by atoms with Gasteiger partial charge in [0.25, 0.3) is 5.65 Å². The molecular formula is C17H17N8S+. The summed E-state index contributed by atoms with van der Waals surface area (Å²) in [6.45, 7) is 0. The summed E-state index contributed by atoms with van der Waals surface area (Å²) in [5.41, 5.74) is 7.15. The second-order valence-corrected chi connectivity index (χ2v) is 6.19. The average molecular weight is 365 g/mol. The van der Waals surface area contributed by atoms with Crippen LogP contribution in [0.1, 0.15) is 5.56 Å². The monoisotopic (exact) mass is 365 g/mol. The molecule has 8 nitrogen and oxygen atoms in total. The van der Waals surface area contributed by atoms with Crippen LogP contribution in [-0.2, 0) is 7.05 Å². The van der Waals surface area contributed by atoms with Gasteiger partial charge in [0, 0.05) is 11.6 Å². The zero-order chi connectivity index (χ0) is 18.1. The Labute approximate surface area is 155 Å². The van der Waals surface area contributed by atoms with Crippen molar-refractivity contribution in [2.45, 2.75) is 6.29 Å². The van der Waals surface area contributed by atoms with E-state index in [0.717, 1.165) is 22.5 Å². The Hall–Kier alpha value is -3.17. The lowest BCUT2D eigenvalue weighted by Gasteiger charge is -2.15. The molecule has 3 heterocycles. The van der Waals surface area contributed by atoms with Crippen molar-refractivity contribution >= 4 is 29.2 Å². The molecule has 1 unspecified atom stereocenters. The number of hydrogen-bond donors (Lipinski definition) is 2. The van der Waals surface area contributed by atoms with Crippen LogP contribution in [0.15, 0.2) is 70.2 Å². The van der Waals surface area contributed by atoms with Gasteiger partial charge in [-0.25, -0.2) is 19.8 Å². The summed E-state index contributed by atoms with van der Waals surface area (Å²) in [5, 5.41) is 13.2. The lowest BCUT2D eigenvalue weighted by Crippen LogP contribution is -2.45. The van der Waals surface area contributed by atoms with E-state index < -0.39 is 6.29 Å². The third-order valence-corrected chi connectivity index (χ3v) is 4.47. The van der Waals surface area contributed by atoms with Gasteiger partial charge in [-0.1, -0.05) is 18.2 Å². The van der Waals surface area contributed by atoms with E-state index >= 15 is 0 Å². The highest BCUT2D eigenvalue weighted by Gasteiger charge is 2.22. The van der Waals surface area contributed by atoms with E-state index in [2.05, 4.69) is 61.2 Å². The van der Waals surface area contributed by atoms with E-state index in [0.29, 0.717) is 0 Å². The van der Waals surface area contributed by atoms with Crippen molar-refractivity contribution in [1.29, 1.82) is 0 Å². The van der Waals surface area contributed by atoms with Gasteiger partial charge < -0.3 is 0 Å². The molecule has 3 N–H and O–H groups in total. The molecule has 26 heavy (non-hydrogen) atoms. The Morgan fingerprint density at radius 1 is 1.27 bits per heavy atom. The number of nitrogens with one attached hydrogen (secondary N) is 1. The highest BCUT2D eigenvalue weighted by molar-refractivity contribution is 7.80. The Morgan fingerprint density at radius 3 is 2.77 bits per heavy atom. The number of hydrazine groups is 1. The van der Waals surface area contributed by atoms with Crippen LogP contribution in [0.3, 0.4) is 0 Å². The van der Waals surface area contributed by atoms with Crippen LogP contribution >= 0.6 is 12.2 Å². The van der Waals surface area contributed by atoms with Crippen LogP contribution in [-0.4, -0.2) is 27.2 Å². The number of aryl methyl sites for hydroxylation is 1. The lowest BCUT2D eigenvalue weighted by molar-refractivity contribution is -0.510. The van der Waals surface area contributed by atoms with Crippen LogP contribution in [0.25, 0.3) is 16.9 Å². The summed E-state index contributed by atoms with van der Waals surface area (Å²) in [7, 11) is 2.06. The second-order valence-electron chi connectivity index (χ2n) is 5.83. The molecule has 0 saturated carbocycles. The molecule has 0 bridgehead atoms. The van der Waals surface area contributed by atoms with Crippen LogP contribution in [0, 0.1) is 0 Å². The molecule has 0 amide bonds. The number of hydrogen-bond acceptors (Lipinski definition) is 5. The van der Waals surface area contributed by atoms with E-state index in [1.165, 1.54) is 5.01 Å². The van der Waals surface area contributed by atoms with Gasteiger partial charge in [0.1, 0.15) is 6.20 Å². The molecule has 1 aliphatic rings. The summed E-state index contributed by atoms with van der Waals surface area (Å²) < 4.78 is 4.27. The number of nitrogens with zero attached hydrogens (tertiary/aromatic N) is 6. The van der Waals surface area contributed by atoms with Crippen molar-refractivity contribution < 1.29 is 4.40 Å². The molecule has 4 rings (SSSR count). The number of benzene rings is 1. The molecule has 0 fully saturated rings. The number of aromatic nitrogens is 2. The minimum atomic E-state index is -0.564. The predicted octanol–water partition coefficient (Wildman–Crippen LogP) is 1.56. The van der Waals surface area contributed by atoms with Crippen LogP contribution < -0.4 is 15.7 Å². The quantitative estimate of drug-likeness (QED) is 0.242. The van der Waals surface area contributed by atoms with Gasteiger partial charge in [0.2, 0.25) is 11.4 Å². The van der Waals surface area contributed by atoms with Crippen molar-refractivity contribution in [3.63, 3.8) is 0 Å². The summed E-state index contributed by atoms with van der Waals surface area (Å²) in [6.07, 6.45) is 5.29. The van der Waals surface area contributed by atoms with Crippen molar-refractivity contribution in [3.05, 3.63) is 60.4 Å². The summed E-state index contributed by atoms with van der Waals surface area (Å²) in [6, 6.07) is 14.3. The Kier molecular flexibility index (Phi) is 4.15. The third kappa shape index (κ3) is 2.93. The smallest absolute Gasteiger partial charge is 0.265 e. The number of imidazole rings is 1. The van der Waals surface area contributed by atoms with E-state index in [-0.39, 0.29) is 5.11 Å². The van der Waals surface area contributed by atoms with Crippen molar-refractivity contribution in [2.24, 2.45) is 28.2 Å². The Morgan fingerprint density at radius 2 is 2.08 bits per heavy atom. The van der Waals surface area contributed by atoms with E-state index in [1.54, 1.807) is 6.21 Å². The molecule has 0 saturated heterocycles. The highest BCUT2D eigenvalue weighted by atomic mass is 32.1. The first-order valence-corrected chi connectivity index (χ1v) is 8.38. The van der Waals surface area contributed by atoms with Gasteiger partial charge in [-0.15, -0.1) is 10.2 Å². The SMILES string of the molecule is Cn1c(-c2ccc(/C=N/NC3N=NC(=S)N3N)cc2)c[n+]2ccccc12. The van der Waals surface area contributed by atoms with Gasteiger partial charge in [0.05, 0.1) is 19.5 Å². The molecule has 0 radical (unpaired) electrons. The van der Waals surface area contributed by atoms with Crippen LogP contribution in [0.2, 0.25) is 0 Å². The normalized spacial score (nSPS) is 16.9. The minimum Gasteiger partial charge on any atom is -0.265 e. The van der Waals surface area contributed by atoms with Gasteiger partial charge in [-0.2, -0.15) is 5.10 Å². The molecular weight excluding hydrogens is 348 g/mol. The fraction of sp³-hybridized carbons (Fsp3) is 0.118. The van der Waals surface area contributed by atoms with E-state index in [1.807, 2.05) is 30.5 Å². The maximum Gasteiger partial charge on any atom is 0.286 e. The lowest BCUT2D eigenvalue weighted by atomic mass is 10.1. The maximum absolute atomic E-state index is 5.70. The molecule has 130 valence electrons.